The number of hydrogen-bond donors (Lipinski definition) is 1. The summed E-state index contributed by atoms with van der Waals surface area (Å²) in [4.78, 5) is 13.1. The fraction of sp³-hybridized carbons (Fsp3) is 0.192. The molecule has 7 heteroatoms. The van der Waals surface area contributed by atoms with Gasteiger partial charge in [0.25, 0.3) is 0 Å². The lowest BCUT2D eigenvalue weighted by atomic mass is 10.1. The molecule has 1 aromatic heterocycles. The Morgan fingerprint density at radius 2 is 1.64 bits per heavy atom. The first-order chi connectivity index (χ1) is 16.2. The minimum absolute atomic E-state index is 0.0459. The van der Waals surface area contributed by atoms with Crippen LogP contribution in [0.2, 0.25) is 0 Å². The smallest absolute Gasteiger partial charge is 0.238 e. The molecule has 5 nitrogen and oxygen atoms in total. The van der Waals surface area contributed by atoms with E-state index in [1.807, 2.05) is 65.2 Å². The first kappa shape index (κ1) is 21.4. The SMILES string of the molecule is O=C(NC1CC1)C(Sc1nnc(-c2ccccc2F)n1Cc1ccccc1)c1ccccc1. The number of carbonyl (C=O) groups is 1. The van der Waals surface area contributed by atoms with Crippen molar-refractivity contribution < 1.29 is 9.18 Å². The van der Waals surface area contributed by atoms with Crippen molar-refractivity contribution in [2.45, 2.75) is 35.8 Å². The predicted molar refractivity (Wildman–Crippen MR) is 127 cm³/mol. The van der Waals surface area contributed by atoms with E-state index in [2.05, 4.69) is 15.5 Å². The van der Waals surface area contributed by atoms with E-state index in [1.165, 1.54) is 17.8 Å². The lowest BCUT2D eigenvalue weighted by molar-refractivity contribution is -0.120. The second-order valence-corrected chi connectivity index (χ2v) is 9.12. The number of amides is 1. The van der Waals surface area contributed by atoms with Gasteiger partial charge in [0.2, 0.25) is 5.91 Å². The summed E-state index contributed by atoms with van der Waals surface area (Å²) in [6, 6.07) is 26.4. The maximum absolute atomic E-state index is 14.7. The molecule has 166 valence electrons. The third-order valence-electron chi connectivity index (χ3n) is 5.50. The van der Waals surface area contributed by atoms with Crippen molar-refractivity contribution in [3.63, 3.8) is 0 Å². The fourth-order valence-electron chi connectivity index (χ4n) is 3.64. The molecule has 1 aliphatic carbocycles. The summed E-state index contributed by atoms with van der Waals surface area (Å²) in [5.41, 5.74) is 2.31. The lowest BCUT2D eigenvalue weighted by Crippen LogP contribution is -2.30. The Labute approximate surface area is 196 Å². The van der Waals surface area contributed by atoms with E-state index in [9.17, 15) is 9.18 Å². The van der Waals surface area contributed by atoms with E-state index in [0.29, 0.717) is 23.1 Å². The van der Waals surface area contributed by atoms with Crippen molar-refractivity contribution in [1.29, 1.82) is 0 Å². The zero-order valence-corrected chi connectivity index (χ0v) is 18.7. The van der Waals surface area contributed by atoms with Crippen LogP contribution in [0.4, 0.5) is 4.39 Å². The number of aromatic nitrogens is 3. The normalized spacial score (nSPS) is 14.1. The molecule has 1 fully saturated rings. The van der Waals surface area contributed by atoms with E-state index in [0.717, 1.165) is 24.0 Å². The highest BCUT2D eigenvalue weighted by molar-refractivity contribution is 8.00. The molecule has 5 rings (SSSR count). The molecule has 0 bridgehead atoms. The minimum Gasteiger partial charge on any atom is -0.352 e. The second kappa shape index (κ2) is 9.58. The first-order valence-electron chi connectivity index (χ1n) is 10.9. The Bertz CT molecular complexity index is 1240. The largest absolute Gasteiger partial charge is 0.352 e. The van der Waals surface area contributed by atoms with Crippen molar-refractivity contribution >= 4 is 17.7 Å². The Morgan fingerprint density at radius 3 is 2.33 bits per heavy atom. The molecule has 1 unspecified atom stereocenters. The number of hydrogen-bond acceptors (Lipinski definition) is 4. The number of halogens is 1. The number of benzene rings is 3. The van der Waals surface area contributed by atoms with Gasteiger partial charge < -0.3 is 5.32 Å². The molecule has 3 aromatic carbocycles. The van der Waals surface area contributed by atoms with Crippen LogP contribution < -0.4 is 5.32 Å². The van der Waals surface area contributed by atoms with Crippen molar-refractivity contribution in [3.8, 4) is 11.4 Å². The van der Waals surface area contributed by atoms with Gasteiger partial charge in [-0.2, -0.15) is 0 Å². The van der Waals surface area contributed by atoms with Gasteiger partial charge in [-0.05, 0) is 36.1 Å². The maximum Gasteiger partial charge on any atom is 0.238 e. The third kappa shape index (κ3) is 4.98. The molecule has 0 aliphatic heterocycles. The fourth-order valence-corrected chi connectivity index (χ4v) is 4.68. The van der Waals surface area contributed by atoms with Gasteiger partial charge in [-0.3, -0.25) is 9.36 Å². The number of thioether (sulfide) groups is 1. The van der Waals surface area contributed by atoms with E-state index >= 15 is 0 Å². The monoisotopic (exact) mass is 458 g/mol. The summed E-state index contributed by atoms with van der Waals surface area (Å²) >= 11 is 1.34. The second-order valence-electron chi connectivity index (χ2n) is 8.05. The Balaban J connectivity index is 1.54. The Kier molecular flexibility index (Phi) is 6.21. The van der Waals surface area contributed by atoms with Crippen LogP contribution in [0.25, 0.3) is 11.4 Å². The molecular weight excluding hydrogens is 435 g/mol. The van der Waals surface area contributed by atoms with Crippen LogP contribution in [0.15, 0.2) is 90.1 Å². The molecule has 1 heterocycles. The summed E-state index contributed by atoms with van der Waals surface area (Å²) in [6.07, 6.45) is 2.03. The van der Waals surface area contributed by atoms with Gasteiger partial charge in [-0.25, -0.2) is 4.39 Å². The zero-order valence-electron chi connectivity index (χ0n) is 17.9. The van der Waals surface area contributed by atoms with Crippen LogP contribution in [0, 0.1) is 5.82 Å². The highest BCUT2D eigenvalue weighted by Crippen LogP contribution is 2.37. The number of carbonyl (C=O) groups excluding carboxylic acids is 1. The van der Waals surface area contributed by atoms with Crippen molar-refractivity contribution in [2.24, 2.45) is 0 Å². The average Bonchev–Trinajstić information content (AvgIpc) is 3.58. The van der Waals surface area contributed by atoms with E-state index in [4.69, 9.17) is 0 Å². The Hall–Kier alpha value is -3.45. The van der Waals surface area contributed by atoms with E-state index in [-0.39, 0.29) is 17.8 Å². The van der Waals surface area contributed by atoms with Crippen LogP contribution in [-0.2, 0) is 11.3 Å². The third-order valence-corrected chi connectivity index (χ3v) is 6.74. The lowest BCUT2D eigenvalue weighted by Gasteiger charge is -2.17. The number of rotatable bonds is 8. The molecule has 1 aliphatic rings. The summed E-state index contributed by atoms with van der Waals surface area (Å²) in [6.45, 7) is 0.464. The zero-order chi connectivity index (χ0) is 22.6. The molecule has 0 spiro atoms. The van der Waals surface area contributed by atoms with Crippen LogP contribution in [0.5, 0.6) is 0 Å². The molecule has 1 N–H and O–H groups in total. The van der Waals surface area contributed by atoms with Gasteiger partial charge in [0.05, 0.1) is 12.1 Å². The molecule has 0 saturated heterocycles. The van der Waals surface area contributed by atoms with Crippen molar-refractivity contribution in [1.82, 2.24) is 20.1 Å². The van der Waals surface area contributed by atoms with Crippen LogP contribution >= 0.6 is 11.8 Å². The van der Waals surface area contributed by atoms with Crippen molar-refractivity contribution in [2.75, 3.05) is 0 Å². The summed E-state index contributed by atoms with van der Waals surface area (Å²) in [5.74, 6) is 0.0334. The Morgan fingerprint density at radius 1 is 0.970 bits per heavy atom. The van der Waals surface area contributed by atoms with Gasteiger partial charge >= 0.3 is 0 Å². The van der Waals surface area contributed by atoms with Crippen LogP contribution in [0.1, 0.15) is 29.2 Å². The van der Waals surface area contributed by atoms with Crippen molar-refractivity contribution in [3.05, 3.63) is 102 Å². The van der Waals surface area contributed by atoms with Gasteiger partial charge in [0.15, 0.2) is 11.0 Å². The topological polar surface area (TPSA) is 59.8 Å². The van der Waals surface area contributed by atoms with Gasteiger partial charge in [0, 0.05) is 6.04 Å². The van der Waals surface area contributed by atoms with Gasteiger partial charge in [0.1, 0.15) is 11.1 Å². The molecule has 33 heavy (non-hydrogen) atoms. The predicted octanol–water partition coefficient (Wildman–Crippen LogP) is 5.24. The molecule has 4 aromatic rings. The van der Waals surface area contributed by atoms with Gasteiger partial charge in [-0.1, -0.05) is 84.6 Å². The highest BCUT2D eigenvalue weighted by atomic mass is 32.2. The maximum atomic E-state index is 14.7. The quantitative estimate of drug-likeness (QED) is 0.367. The minimum atomic E-state index is -0.487. The number of nitrogens with zero attached hydrogens (tertiary/aromatic N) is 3. The summed E-state index contributed by atoms with van der Waals surface area (Å²) in [7, 11) is 0. The molecular formula is C26H23FN4OS. The highest BCUT2D eigenvalue weighted by Gasteiger charge is 2.31. The molecule has 1 amide bonds. The van der Waals surface area contributed by atoms with Gasteiger partial charge in [-0.15, -0.1) is 10.2 Å². The molecule has 1 saturated carbocycles. The summed E-state index contributed by atoms with van der Waals surface area (Å²) < 4.78 is 16.5. The average molecular weight is 459 g/mol. The summed E-state index contributed by atoms with van der Waals surface area (Å²) in [5, 5.41) is 11.9. The number of nitrogens with one attached hydrogen (secondary N) is 1. The van der Waals surface area contributed by atoms with E-state index < -0.39 is 5.25 Å². The van der Waals surface area contributed by atoms with E-state index in [1.54, 1.807) is 18.2 Å². The molecule has 0 radical (unpaired) electrons. The molecule has 1 atom stereocenters. The standard InChI is InChI=1S/C26H23FN4OS/c27-22-14-8-7-13-21(22)24-29-30-26(31(24)17-18-9-3-1-4-10-18)33-23(19-11-5-2-6-12-19)25(32)28-20-15-16-20/h1-14,20,23H,15-17H2,(H,28,32). The van der Waals surface area contributed by atoms with Crippen LogP contribution in [0.3, 0.4) is 0 Å². The van der Waals surface area contributed by atoms with Crippen LogP contribution in [-0.4, -0.2) is 26.7 Å². The first-order valence-corrected chi connectivity index (χ1v) is 11.8.